The maximum absolute atomic E-state index is 15.7. The zero-order valence-electron chi connectivity index (χ0n) is 19.9. The van der Waals surface area contributed by atoms with Crippen molar-refractivity contribution in [3.05, 3.63) is 88.0 Å². The molecular formula is C28H22F6S2. The third-order valence-corrected chi connectivity index (χ3v) is 11.8. The molecule has 0 N–H and O–H groups in total. The van der Waals surface area contributed by atoms with Crippen LogP contribution in [0.4, 0.5) is 26.3 Å². The lowest BCUT2D eigenvalue weighted by Gasteiger charge is -2.52. The summed E-state index contributed by atoms with van der Waals surface area (Å²) < 4.78 is 90.5. The lowest BCUT2D eigenvalue weighted by molar-refractivity contribution is -0.257. The van der Waals surface area contributed by atoms with E-state index in [0.29, 0.717) is 20.9 Å². The summed E-state index contributed by atoms with van der Waals surface area (Å²) in [5, 5.41) is 0. The number of alkyl halides is 6. The first-order chi connectivity index (χ1) is 16.7. The topological polar surface area (TPSA) is 0 Å². The van der Waals surface area contributed by atoms with Gasteiger partial charge >= 0.3 is 17.8 Å². The molecule has 2 heterocycles. The highest BCUT2D eigenvalue weighted by Crippen LogP contribution is 2.79. The van der Waals surface area contributed by atoms with E-state index < -0.39 is 38.4 Å². The second-order valence-electron chi connectivity index (χ2n) is 10.2. The summed E-state index contributed by atoms with van der Waals surface area (Å²) in [6.45, 7) is 7.07. The van der Waals surface area contributed by atoms with Crippen molar-refractivity contribution in [3.63, 3.8) is 0 Å². The molecule has 0 radical (unpaired) electrons. The summed E-state index contributed by atoms with van der Waals surface area (Å²) in [4.78, 5) is 1.28. The standard InChI is InChI=1S/C28H22F6S2/c1-14(2)25-20(17-12-8-9-13-18(17)35-25)22-21(26(29,30)28(33,34)27(22,31)32)19-15(3)23(36-24(19,25)4)16-10-6-5-7-11-16/h5-14H,1-4H3/t24-,25-/m0/s1. The summed E-state index contributed by atoms with van der Waals surface area (Å²) in [5.41, 5.74) is -1.11. The second kappa shape index (κ2) is 7.07. The van der Waals surface area contributed by atoms with E-state index in [4.69, 9.17) is 0 Å². The Morgan fingerprint density at radius 1 is 0.694 bits per heavy atom. The lowest BCUT2D eigenvalue weighted by Crippen LogP contribution is -2.53. The van der Waals surface area contributed by atoms with Crippen molar-refractivity contribution in [2.45, 2.75) is 59.9 Å². The van der Waals surface area contributed by atoms with E-state index in [-0.39, 0.29) is 17.1 Å². The Morgan fingerprint density at radius 3 is 1.86 bits per heavy atom. The maximum atomic E-state index is 15.7. The number of allylic oxidation sites excluding steroid dienone is 3. The number of rotatable bonds is 2. The summed E-state index contributed by atoms with van der Waals surface area (Å²) in [5.74, 6) is -16.0. The van der Waals surface area contributed by atoms with Gasteiger partial charge in [0, 0.05) is 20.9 Å². The smallest absolute Gasteiger partial charge is 0.194 e. The first-order valence-electron chi connectivity index (χ1n) is 11.6. The molecule has 2 aromatic carbocycles. The van der Waals surface area contributed by atoms with Crippen LogP contribution in [0.3, 0.4) is 0 Å². The summed E-state index contributed by atoms with van der Waals surface area (Å²) >= 11 is 2.66. The highest BCUT2D eigenvalue weighted by Gasteiger charge is 2.85. The largest absolute Gasteiger partial charge is 0.380 e. The Bertz CT molecular complexity index is 1420. The molecule has 2 aliphatic carbocycles. The normalized spacial score (nSPS) is 31.1. The van der Waals surface area contributed by atoms with Gasteiger partial charge in [-0.05, 0) is 53.7 Å². The van der Waals surface area contributed by atoms with Crippen molar-refractivity contribution in [1.29, 1.82) is 0 Å². The zero-order valence-corrected chi connectivity index (χ0v) is 21.5. The van der Waals surface area contributed by atoms with Gasteiger partial charge in [-0.2, -0.15) is 26.3 Å². The Hall–Kier alpha value is -2.06. The molecule has 1 fully saturated rings. The first-order valence-corrected chi connectivity index (χ1v) is 13.3. The minimum Gasteiger partial charge on any atom is -0.194 e. The van der Waals surface area contributed by atoms with Crippen LogP contribution >= 0.6 is 23.5 Å². The van der Waals surface area contributed by atoms with Crippen LogP contribution < -0.4 is 0 Å². The van der Waals surface area contributed by atoms with Crippen LogP contribution in [-0.2, 0) is 0 Å². The van der Waals surface area contributed by atoms with Gasteiger partial charge in [0.15, 0.2) is 0 Å². The Kier molecular flexibility index (Phi) is 4.77. The minimum absolute atomic E-state index is 0.0733. The fraction of sp³-hybridized carbons (Fsp3) is 0.357. The molecule has 6 rings (SSSR count). The zero-order chi connectivity index (χ0) is 26.1. The summed E-state index contributed by atoms with van der Waals surface area (Å²) in [6, 6.07) is 15.8. The van der Waals surface area contributed by atoms with E-state index in [1.54, 1.807) is 50.2 Å². The minimum atomic E-state index is -5.55. The average molecular weight is 537 g/mol. The fourth-order valence-corrected chi connectivity index (χ4v) is 10.2. The predicted molar refractivity (Wildman–Crippen MR) is 134 cm³/mol. The number of benzene rings is 2. The molecule has 0 unspecified atom stereocenters. The van der Waals surface area contributed by atoms with E-state index >= 15 is 26.3 Å². The van der Waals surface area contributed by atoms with Gasteiger partial charge in [-0.25, -0.2) is 0 Å². The van der Waals surface area contributed by atoms with Gasteiger partial charge < -0.3 is 0 Å². The van der Waals surface area contributed by atoms with E-state index in [1.807, 2.05) is 32.0 Å². The van der Waals surface area contributed by atoms with Crippen LogP contribution in [0.5, 0.6) is 0 Å². The van der Waals surface area contributed by atoms with Crippen molar-refractivity contribution in [1.82, 2.24) is 0 Å². The fourth-order valence-electron chi connectivity index (χ4n) is 6.55. The molecule has 2 aromatic rings. The van der Waals surface area contributed by atoms with Gasteiger partial charge in [-0.3, -0.25) is 0 Å². The number of fused-ring (bicyclic) bond motifs is 6. The van der Waals surface area contributed by atoms with Gasteiger partial charge in [0.2, 0.25) is 0 Å². The molecule has 2 atom stereocenters. The Labute approximate surface area is 213 Å². The second-order valence-corrected chi connectivity index (χ2v) is 12.9. The molecule has 1 saturated carbocycles. The molecule has 8 heteroatoms. The molecular weight excluding hydrogens is 514 g/mol. The van der Waals surface area contributed by atoms with Gasteiger partial charge in [-0.1, -0.05) is 62.4 Å². The molecule has 188 valence electrons. The lowest BCUT2D eigenvalue weighted by atomic mass is 9.64. The number of thioether (sulfide) groups is 2. The third kappa shape index (κ3) is 2.44. The van der Waals surface area contributed by atoms with Crippen molar-refractivity contribution in [2.75, 3.05) is 0 Å². The molecule has 4 aliphatic rings. The molecule has 2 aliphatic heterocycles. The van der Waals surface area contributed by atoms with Gasteiger partial charge in [0.1, 0.15) is 0 Å². The molecule has 0 aromatic heterocycles. The quantitative estimate of drug-likeness (QED) is 0.351. The van der Waals surface area contributed by atoms with Crippen LogP contribution in [0.1, 0.15) is 38.8 Å². The van der Waals surface area contributed by atoms with Gasteiger partial charge in [0.05, 0.1) is 9.49 Å². The van der Waals surface area contributed by atoms with Crippen LogP contribution in [0, 0.1) is 5.92 Å². The molecule has 0 bridgehead atoms. The molecule has 36 heavy (non-hydrogen) atoms. The third-order valence-electron chi connectivity index (χ3n) is 8.02. The monoisotopic (exact) mass is 536 g/mol. The van der Waals surface area contributed by atoms with Gasteiger partial charge in [0.25, 0.3) is 0 Å². The number of hydrogen-bond acceptors (Lipinski definition) is 2. The highest BCUT2D eigenvalue weighted by molar-refractivity contribution is 8.12. The SMILES string of the molecule is CC1=C(c2ccccc2)S[C@@]2(C)C1=C1C(=C3c4ccccc4S[C@@]32C(C)C)C(F)(F)C(F)(F)C1(F)F. The van der Waals surface area contributed by atoms with Crippen molar-refractivity contribution < 1.29 is 26.3 Å². The maximum Gasteiger partial charge on any atom is 0.380 e. The summed E-state index contributed by atoms with van der Waals surface area (Å²) in [7, 11) is 0. The van der Waals surface area contributed by atoms with E-state index in [0.717, 1.165) is 5.56 Å². The van der Waals surface area contributed by atoms with Crippen molar-refractivity contribution in [2.24, 2.45) is 5.92 Å². The first kappa shape index (κ1) is 24.3. The average Bonchev–Trinajstić information content (AvgIpc) is 3.35. The van der Waals surface area contributed by atoms with Crippen LogP contribution in [0.15, 0.2) is 81.8 Å². The van der Waals surface area contributed by atoms with E-state index in [2.05, 4.69) is 0 Å². The van der Waals surface area contributed by atoms with Crippen LogP contribution in [-0.4, -0.2) is 27.3 Å². The van der Waals surface area contributed by atoms with Gasteiger partial charge in [-0.15, -0.1) is 23.5 Å². The Morgan fingerprint density at radius 2 is 1.25 bits per heavy atom. The van der Waals surface area contributed by atoms with Crippen molar-refractivity contribution >= 4 is 34.0 Å². The van der Waals surface area contributed by atoms with E-state index in [1.165, 1.54) is 23.5 Å². The number of halogens is 6. The summed E-state index contributed by atoms with van der Waals surface area (Å²) in [6.07, 6.45) is 0. The molecule has 0 nitrogen and oxygen atoms in total. The van der Waals surface area contributed by atoms with Crippen LogP contribution in [0.2, 0.25) is 0 Å². The predicted octanol–water partition coefficient (Wildman–Crippen LogP) is 9.11. The Balaban J connectivity index is 1.82. The molecule has 0 saturated heterocycles. The highest BCUT2D eigenvalue weighted by atomic mass is 32.2. The molecule has 0 amide bonds. The van der Waals surface area contributed by atoms with Crippen molar-refractivity contribution in [3.8, 4) is 0 Å². The molecule has 0 spiro atoms. The van der Waals surface area contributed by atoms with Crippen LogP contribution in [0.25, 0.3) is 10.5 Å². The number of hydrogen-bond donors (Lipinski definition) is 0. The van der Waals surface area contributed by atoms with E-state index in [9.17, 15) is 0 Å².